The molecule has 18 heteroatoms. The lowest BCUT2D eigenvalue weighted by atomic mass is 9.97. The number of alkyl halides is 1. The van der Waals surface area contributed by atoms with Gasteiger partial charge >= 0.3 is 6.03 Å². The van der Waals surface area contributed by atoms with E-state index in [-0.39, 0.29) is 73.8 Å². The fourth-order valence-electron chi connectivity index (χ4n) is 6.66. The third-order valence-corrected chi connectivity index (χ3v) is 10.6. The van der Waals surface area contributed by atoms with Gasteiger partial charge in [0.25, 0.3) is 0 Å². The van der Waals surface area contributed by atoms with Crippen molar-refractivity contribution in [2.24, 2.45) is 0 Å². The average Bonchev–Trinajstić information content (AvgIpc) is 3.49. The molecule has 0 aromatic carbocycles. The number of carbonyl (C=O) groups excluding carboxylic acids is 6. The first-order valence-electron chi connectivity index (χ1n) is 20.5. The maximum Gasteiger partial charge on any atom is 0.315 e. The first kappa shape index (κ1) is 49.3. The Morgan fingerprint density at radius 2 is 1.32 bits per heavy atom. The Morgan fingerprint density at radius 1 is 0.696 bits per heavy atom. The molecule has 56 heavy (non-hydrogen) atoms. The fourth-order valence-corrected chi connectivity index (χ4v) is 6.93. The van der Waals surface area contributed by atoms with E-state index in [1.807, 2.05) is 29.5 Å². The summed E-state index contributed by atoms with van der Waals surface area (Å²) < 4.78 is 16.9. The van der Waals surface area contributed by atoms with Gasteiger partial charge in [-0.3, -0.25) is 28.9 Å². The topological polar surface area (TPSA) is 218 Å². The highest BCUT2D eigenvalue weighted by atomic mass is 127. The van der Waals surface area contributed by atoms with Gasteiger partial charge in [0.2, 0.25) is 29.5 Å². The molecule has 2 aliphatic heterocycles. The zero-order valence-corrected chi connectivity index (χ0v) is 36.0. The van der Waals surface area contributed by atoms with E-state index in [2.05, 4.69) is 56.0 Å². The molecule has 0 aliphatic carbocycles. The van der Waals surface area contributed by atoms with Crippen LogP contribution in [0.3, 0.4) is 0 Å². The monoisotopic (exact) mass is 908 g/mol. The number of piperidine rings is 1. The number of hydrogen-bond acceptors (Lipinski definition) is 10. The molecule has 7 amide bonds. The summed E-state index contributed by atoms with van der Waals surface area (Å²) in [6.07, 6.45) is 8.89. The van der Waals surface area contributed by atoms with Crippen LogP contribution in [0.4, 0.5) is 4.79 Å². The number of hydrogen-bond donors (Lipinski definition) is 7. The minimum absolute atomic E-state index is 0.0179. The molecule has 5 atom stereocenters. The SMILES string of the molecule is CC1NC(=O)NC1CCCCCC(=O)NCCCCC(NC(=O)CCNC(=O)CN1C(C)CCCC1C)C(=O)NCCOCCOCCOCCNC(=O)CI. The molecular formula is C38H69IN8O9. The van der Waals surface area contributed by atoms with Crippen molar-refractivity contribution < 1.29 is 43.0 Å². The van der Waals surface area contributed by atoms with Gasteiger partial charge in [-0.25, -0.2) is 4.79 Å². The van der Waals surface area contributed by atoms with E-state index in [0.29, 0.717) is 94.9 Å². The van der Waals surface area contributed by atoms with Gasteiger partial charge in [0, 0.05) is 57.1 Å². The van der Waals surface area contributed by atoms with Crippen molar-refractivity contribution in [1.29, 1.82) is 0 Å². The van der Waals surface area contributed by atoms with Crippen LogP contribution in [-0.4, -0.2) is 147 Å². The number of likely N-dealkylation sites (tertiary alicyclic amines) is 1. The van der Waals surface area contributed by atoms with E-state index in [1.54, 1.807) is 0 Å². The predicted molar refractivity (Wildman–Crippen MR) is 221 cm³/mol. The number of amides is 7. The van der Waals surface area contributed by atoms with Crippen molar-refractivity contribution in [3.63, 3.8) is 0 Å². The normalized spacial score (nSPS) is 20.0. The highest BCUT2D eigenvalue weighted by molar-refractivity contribution is 14.1. The summed E-state index contributed by atoms with van der Waals surface area (Å²) in [5.41, 5.74) is 0. The van der Waals surface area contributed by atoms with Crippen LogP contribution in [0.5, 0.6) is 0 Å². The van der Waals surface area contributed by atoms with Gasteiger partial charge in [0.15, 0.2) is 0 Å². The van der Waals surface area contributed by atoms with Gasteiger partial charge in [-0.2, -0.15) is 0 Å². The molecule has 322 valence electrons. The van der Waals surface area contributed by atoms with Crippen molar-refractivity contribution in [2.75, 3.05) is 76.8 Å². The lowest BCUT2D eigenvalue weighted by molar-refractivity contribution is -0.129. The van der Waals surface area contributed by atoms with Gasteiger partial charge in [-0.15, -0.1) is 0 Å². The van der Waals surface area contributed by atoms with Crippen LogP contribution in [0.1, 0.15) is 97.8 Å². The van der Waals surface area contributed by atoms with E-state index in [0.717, 1.165) is 44.9 Å². The van der Waals surface area contributed by atoms with Crippen molar-refractivity contribution >= 4 is 58.2 Å². The van der Waals surface area contributed by atoms with Gasteiger partial charge in [-0.05, 0) is 65.7 Å². The van der Waals surface area contributed by atoms with E-state index < -0.39 is 6.04 Å². The number of nitrogens with one attached hydrogen (secondary N) is 7. The van der Waals surface area contributed by atoms with Crippen molar-refractivity contribution in [3.8, 4) is 0 Å². The summed E-state index contributed by atoms with van der Waals surface area (Å²) >= 11 is 2.00. The number of carbonyl (C=O) groups is 6. The van der Waals surface area contributed by atoms with Crippen molar-refractivity contribution in [2.45, 2.75) is 128 Å². The largest absolute Gasteiger partial charge is 0.377 e. The van der Waals surface area contributed by atoms with Gasteiger partial charge < -0.3 is 51.4 Å². The molecule has 0 spiro atoms. The average molecular weight is 909 g/mol. The Balaban J connectivity index is 1.66. The molecule has 17 nitrogen and oxygen atoms in total. The highest BCUT2D eigenvalue weighted by Crippen LogP contribution is 2.21. The lowest BCUT2D eigenvalue weighted by Crippen LogP contribution is -2.49. The van der Waals surface area contributed by atoms with E-state index in [1.165, 1.54) is 0 Å². The van der Waals surface area contributed by atoms with Gasteiger partial charge in [-0.1, -0.05) is 41.9 Å². The number of urea groups is 1. The van der Waals surface area contributed by atoms with Crippen LogP contribution in [0.15, 0.2) is 0 Å². The molecular weight excluding hydrogens is 839 g/mol. The van der Waals surface area contributed by atoms with Gasteiger partial charge in [0.1, 0.15) is 6.04 Å². The van der Waals surface area contributed by atoms with Crippen LogP contribution < -0.4 is 37.2 Å². The highest BCUT2D eigenvalue weighted by Gasteiger charge is 2.28. The van der Waals surface area contributed by atoms with Crippen LogP contribution >= 0.6 is 22.6 Å². The molecule has 0 aromatic heterocycles. The summed E-state index contributed by atoms with van der Waals surface area (Å²) in [7, 11) is 0. The molecule has 2 aliphatic rings. The maximum atomic E-state index is 13.1. The second kappa shape index (κ2) is 30.3. The molecule has 2 rings (SSSR count). The van der Waals surface area contributed by atoms with Crippen LogP contribution in [0.2, 0.25) is 0 Å². The van der Waals surface area contributed by atoms with Crippen LogP contribution in [0, 0.1) is 0 Å². The summed E-state index contributed by atoms with van der Waals surface area (Å²) in [5, 5.41) is 19.9. The Hall–Kier alpha value is -2.81. The Bertz CT molecular complexity index is 1180. The summed E-state index contributed by atoms with van der Waals surface area (Å²) in [6.45, 7) is 10.1. The van der Waals surface area contributed by atoms with E-state index in [4.69, 9.17) is 14.2 Å². The van der Waals surface area contributed by atoms with Crippen LogP contribution in [0.25, 0.3) is 0 Å². The Kier molecular flexibility index (Phi) is 26.7. The maximum absolute atomic E-state index is 13.1. The molecule has 5 unspecified atom stereocenters. The first-order chi connectivity index (χ1) is 27.0. The van der Waals surface area contributed by atoms with Crippen molar-refractivity contribution in [1.82, 2.24) is 42.1 Å². The minimum Gasteiger partial charge on any atom is -0.377 e. The number of unbranched alkanes of at least 4 members (excludes halogenated alkanes) is 3. The standard InChI is InChI=1S/C38H69IN8O9/c1-28-10-9-11-29(2)47(28)27-36(51)41-17-15-34(49)45-32(37(52)43-19-21-55-23-25-56-24-22-54-20-18-42-35(50)26-39)13-7-8-16-40-33(48)14-6-4-5-12-31-30(3)44-38(53)46-31/h28-32H,4-27H2,1-3H3,(H,40,48)(H,41,51)(H,42,50)(H,43,52)(H,45,49)(H2,44,46,53). The zero-order valence-electron chi connectivity index (χ0n) is 33.9. The molecule has 0 bridgehead atoms. The van der Waals surface area contributed by atoms with E-state index >= 15 is 0 Å². The number of rotatable bonds is 31. The second-order valence-electron chi connectivity index (χ2n) is 14.6. The fraction of sp³-hybridized carbons (Fsp3) is 0.842. The summed E-state index contributed by atoms with van der Waals surface area (Å²) in [4.78, 5) is 75.8. The second-order valence-corrected chi connectivity index (χ2v) is 15.4. The molecule has 2 saturated heterocycles. The third kappa shape index (κ3) is 22.8. The minimum atomic E-state index is -0.773. The molecule has 0 saturated carbocycles. The first-order valence-corrected chi connectivity index (χ1v) is 22.0. The number of nitrogens with zero attached hydrogens (tertiary/aromatic N) is 1. The molecule has 2 heterocycles. The van der Waals surface area contributed by atoms with Gasteiger partial charge in [0.05, 0.1) is 56.7 Å². The molecule has 7 N–H and O–H groups in total. The summed E-state index contributed by atoms with van der Waals surface area (Å²) in [5.74, 6) is -0.817. The number of halogens is 1. The number of ether oxygens (including phenoxy) is 3. The van der Waals surface area contributed by atoms with Crippen molar-refractivity contribution in [3.05, 3.63) is 0 Å². The molecule has 0 radical (unpaired) electrons. The third-order valence-electron chi connectivity index (χ3n) is 9.95. The summed E-state index contributed by atoms with van der Waals surface area (Å²) in [6, 6.07) is 0.0257. The molecule has 2 fully saturated rings. The predicted octanol–water partition coefficient (Wildman–Crippen LogP) is 1.26. The molecule has 0 aromatic rings. The zero-order chi connectivity index (χ0) is 41.0. The smallest absolute Gasteiger partial charge is 0.315 e. The lowest BCUT2D eigenvalue weighted by Gasteiger charge is -2.38. The Labute approximate surface area is 346 Å². The van der Waals surface area contributed by atoms with Crippen LogP contribution in [-0.2, 0) is 38.2 Å². The quantitative estimate of drug-likeness (QED) is 0.0300. The van der Waals surface area contributed by atoms with E-state index in [9.17, 15) is 28.8 Å². The Morgan fingerprint density at radius 3 is 1.96 bits per heavy atom.